The lowest BCUT2D eigenvalue weighted by atomic mass is 10.2. The number of phenolic OH excluding ortho intramolecular Hbond substituents is 1. The molecule has 0 fully saturated rings. The lowest BCUT2D eigenvalue weighted by molar-refractivity contribution is -0.137. The van der Waals surface area contributed by atoms with Gasteiger partial charge in [-0.2, -0.15) is 0 Å². The fraction of sp³-hybridized carbons (Fsp3) is 0.100. The summed E-state index contributed by atoms with van der Waals surface area (Å²) in [4.78, 5) is 10.6. The van der Waals surface area contributed by atoms with Crippen LogP contribution in [0.25, 0.3) is 10.9 Å². The van der Waals surface area contributed by atoms with Crippen molar-refractivity contribution in [2.24, 2.45) is 0 Å². The molecular formula is C10H8BrNO3. The van der Waals surface area contributed by atoms with Crippen molar-refractivity contribution in [3.05, 3.63) is 28.9 Å². The first-order chi connectivity index (χ1) is 7.08. The van der Waals surface area contributed by atoms with Crippen LogP contribution >= 0.6 is 15.9 Å². The van der Waals surface area contributed by atoms with Crippen LogP contribution in [-0.2, 0) is 11.3 Å². The number of phenols is 1. The van der Waals surface area contributed by atoms with E-state index in [2.05, 4.69) is 15.9 Å². The first-order valence-corrected chi connectivity index (χ1v) is 5.07. The van der Waals surface area contributed by atoms with Crippen molar-refractivity contribution in [3.63, 3.8) is 0 Å². The Bertz CT molecular complexity index is 533. The second-order valence-corrected chi connectivity index (χ2v) is 4.00. The van der Waals surface area contributed by atoms with E-state index in [1.54, 1.807) is 22.8 Å². The zero-order valence-corrected chi connectivity index (χ0v) is 9.23. The molecule has 78 valence electrons. The molecule has 0 aliphatic heterocycles. The van der Waals surface area contributed by atoms with Crippen LogP contribution in [-0.4, -0.2) is 20.7 Å². The Labute approximate surface area is 93.9 Å². The van der Waals surface area contributed by atoms with Crippen molar-refractivity contribution in [3.8, 4) is 5.75 Å². The van der Waals surface area contributed by atoms with Gasteiger partial charge in [0.05, 0.1) is 10.1 Å². The molecule has 15 heavy (non-hydrogen) atoms. The molecule has 0 unspecified atom stereocenters. The molecule has 4 nitrogen and oxygen atoms in total. The highest BCUT2D eigenvalue weighted by Crippen LogP contribution is 2.26. The molecule has 2 rings (SSSR count). The highest BCUT2D eigenvalue weighted by molar-refractivity contribution is 9.10. The predicted molar refractivity (Wildman–Crippen MR) is 58.9 cm³/mol. The van der Waals surface area contributed by atoms with Crippen LogP contribution in [0.15, 0.2) is 28.9 Å². The molecule has 2 aromatic rings. The number of aromatic hydroxyl groups is 1. The van der Waals surface area contributed by atoms with Gasteiger partial charge in [0.2, 0.25) is 0 Å². The molecule has 0 saturated heterocycles. The van der Waals surface area contributed by atoms with Crippen LogP contribution in [0, 0.1) is 0 Å². The first-order valence-electron chi connectivity index (χ1n) is 4.27. The zero-order chi connectivity index (χ0) is 11.0. The SMILES string of the molecule is O=C(O)Cn1c(Br)cc2ccc(O)cc21. The van der Waals surface area contributed by atoms with Crippen LogP contribution in [0.2, 0.25) is 0 Å². The number of hydrogen-bond donors (Lipinski definition) is 2. The van der Waals surface area contributed by atoms with Gasteiger partial charge in [-0.3, -0.25) is 4.79 Å². The minimum Gasteiger partial charge on any atom is -0.508 e. The van der Waals surface area contributed by atoms with E-state index in [0.717, 1.165) is 5.39 Å². The summed E-state index contributed by atoms with van der Waals surface area (Å²) >= 11 is 3.28. The Hall–Kier alpha value is -1.49. The molecule has 0 radical (unpaired) electrons. The van der Waals surface area contributed by atoms with Gasteiger partial charge in [-0.15, -0.1) is 0 Å². The molecule has 2 N–H and O–H groups in total. The van der Waals surface area contributed by atoms with Gasteiger partial charge in [-0.1, -0.05) is 0 Å². The van der Waals surface area contributed by atoms with Crippen molar-refractivity contribution in [1.82, 2.24) is 4.57 Å². The van der Waals surface area contributed by atoms with Crippen LogP contribution in [0.1, 0.15) is 0 Å². The summed E-state index contributed by atoms with van der Waals surface area (Å²) in [6, 6.07) is 6.68. The summed E-state index contributed by atoms with van der Waals surface area (Å²) in [5.74, 6) is -0.795. The molecule has 1 aromatic carbocycles. The predicted octanol–water partition coefficient (Wildman–Crippen LogP) is 2.19. The monoisotopic (exact) mass is 269 g/mol. The van der Waals surface area contributed by atoms with Gasteiger partial charge in [0.1, 0.15) is 12.3 Å². The summed E-state index contributed by atoms with van der Waals surface area (Å²) in [6.45, 7) is -0.131. The molecule has 0 atom stereocenters. The van der Waals surface area contributed by atoms with Gasteiger partial charge in [0, 0.05) is 11.5 Å². The fourth-order valence-corrected chi connectivity index (χ4v) is 2.07. The van der Waals surface area contributed by atoms with E-state index in [0.29, 0.717) is 10.1 Å². The molecule has 0 amide bonds. The average molecular weight is 270 g/mol. The topological polar surface area (TPSA) is 62.5 Å². The van der Waals surface area contributed by atoms with Crippen molar-refractivity contribution in [2.45, 2.75) is 6.54 Å². The lowest BCUT2D eigenvalue weighted by Gasteiger charge is -2.03. The molecule has 1 heterocycles. The molecule has 0 bridgehead atoms. The van der Waals surface area contributed by atoms with Gasteiger partial charge in [-0.25, -0.2) is 0 Å². The minimum atomic E-state index is -0.920. The third-order valence-corrected chi connectivity index (χ3v) is 2.79. The van der Waals surface area contributed by atoms with Crippen molar-refractivity contribution in [1.29, 1.82) is 0 Å². The van der Waals surface area contributed by atoms with Crippen LogP contribution in [0.3, 0.4) is 0 Å². The maximum absolute atomic E-state index is 10.6. The smallest absolute Gasteiger partial charge is 0.323 e. The fourth-order valence-electron chi connectivity index (χ4n) is 1.51. The van der Waals surface area contributed by atoms with Crippen LogP contribution in [0.4, 0.5) is 0 Å². The van der Waals surface area contributed by atoms with Gasteiger partial charge < -0.3 is 14.8 Å². The quantitative estimate of drug-likeness (QED) is 0.879. The van der Waals surface area contributed by atoms with E-state index in [4.69, 9.17) is 5.11 Å². The second-order valence-electron chi connectivity index (χ2n) is 3.19. The summed E-state index contributed by atoms with van der Waals surface area (Å²) in [5, 5.41) is 18.9. The number of carboxylic acids is 1. The Morgan fingerprint density at radius 1 is 1.40 bits per heavy atom. The van der Waals surface area contributed by atoms with Gasteiger partial charge in [-0.05, 0) is 34.1 Å². The van der Waals surface area contributed by atoms with E-state index in [1.807, 2.05) is 6.07 Å². The second kappa shape index (κ2) is 3.58. The number of nitrogens with zero attached hydrogens (tertiary/aromatic N) is 1. The Balaban J connectivity index is 2.65. The number of hydrogen-bond acceptors (Lipinski definition) is 2. The summed E-state index contributed by atoms with van der Waals surface area (Å²) in [6.07, 6.45) is 0. The number of benzene rings is 1. The van der Waals surface area contributed by atoms with Crippen molar-refractivity contribution < 1.29 is 15.0 Å². The van der Waals surface area contributed by atoms with Crippen molar-refractivity contribution in [2.75, 3.05) is 0 Å². The van der Waals surface area contributed by atoms with E-state index in [-0.39, 0.29) is 12.3 Å². The Morgan fingerprint density at radius 3 is 2.80 bits per heavy atom. The van der Waals surface area contributed by atoms with Crippen LogP contribution < -0.4 is 0 Å². The maximum Gasteiger partial charge on any atom is 0.323 e. The number of carbonyl (C=O) groups is 1. The minimum absolute atomic E-state index is 0.125. The van der Waals surface area contributed by atoms with Gasteiger partial charge in [0.15, 0.2) is 0 Å². The molecule has 0 spiro atoms. The maximum atomic E-state index is 10.6. The van der Waals surface area contributed by atoms with Crippen LogP contribution in [0.5, 0.6) is 5.75 Å². The largest absolute Gasteiger partial charge is 0.508 e. The third kappa shape index (κ3) is 1.83. The number of rotatable bonds is 2. The summed E-state index contributed by atoms with van der Waals surface area (Å²) in [7, 11) is 0. The van der Waals surface area contributed by atoms with E-state index in [9.17, 15) is 9.90 Å². The molecule has 1 aromatic heterocycles. The first kappa shape index (κ1) is 10.0. The number of aliphatic carboxylic acids is 1. The highest BCUT2D eigenvalue weighted by atomic mass is 79.9. The third-order valence-electron chi connectivity index (χ3n) is 2.13. The summed E-state index contributed by atoms with van der Waals surface area (Å²) in [5.41, 5.74) is 0.698. The normalized spacial score (nSPS) is 10.7. The molecule has 0 aliphatic carbocycles. The Morgan fingerprint density at radius 2 is 2.13 bits per heavy atom. The number of fused-ring (bicyclic) bond motifs is 1. The summed E-state index contributed by atoms with van der Waals surface area (Å²) < 4.78 is 2.27. The molecule has 0 saturated carbocycles. The average Bonchev–Trinajstić information content (AvgIpc) is 2.43. The van der Waals surface area contributed by atoms with Gasteiger partial charge in [0.25, 0.3) is 0 Å². The van der Waals surface area contributed by atoms with Gasteiger partial charge >= 0.3 is 5.97 Å². The lowest BCUT2D eigenvalue weighted by Crippen LogP contribution is -2.08. The number of halogens is 1. The standard InChI is InChI=1S/C10H8BrNO3/c11-9-3-6-1-2-7(13)4-8(6)12(9)5-10(14)15/h1-4,13H,5H2,(H,14,15). The zero-order valence-electron chi connectivity index (χ0n) is 7.64. The van der Waals surface area contributed by atoms with E-state index in [1.165, 1.54) is 0 Å². The highest BCUT2D eigenvalue weighted by Gasteiger charge is 2.09. The molecule has 5 heteroatoms. The Kier molecular flexibility index (Phi) is 2.40. The number of carboxylic acid groups (broad SMARTS) is 1. The van der Waals surface area contributed by atoms with E-state index < -0.39 is 5.97 Å². The van der Waals surface area contributed by atoms with Crippen molar-refractivity contribution >= 4 is 32.8 Å². The molecule has 0 aliphatic rings. The van der Waals surface area contributed by atoms with E-state index >= 15 is 0 Å². The molecular weight excluding hydrogens is 262 g/mol. The number of aromatic nitrogens is 1.